The Morgan fingerprint density at radius 1 is 0.290 bits per heavy atom. The minimum Gasteiger partial charge on any atom is -0.208 e. The van der Waals surface area contributed by atoms with Crippen molar-refractivity contribution < 1.29 is 0 Å². The summed E-state index contributed by atoms with van der Waals surface area (Å²) in [6, 6.07) is 76.8. The standard InChI is InChI=1S/C58H35N3S/c1-2-14-37(15-3-1)55-59-56(38-30-28-36(29-31-38)42-22-13-27-53-54(42)47-21-7-11-26-52(47)62-53)61-57(60-55)41-17-12-16-39(34-41)40-32-33-46-45-20-6-10-25-50(45)58(51(46)35-40)48-23-8-4-18-43(48)44-19-5-9-24-49(44)58/h1-35H. The molecular formula is C58H35N3S. The summed E-state index contributed by atoms with van der Waals surface area (Å²) in [7, 11) is 0. The molecule has 288 valence electrons. The zero-order chi connectivity index (χ0) is 40.8. The van der Waals surface area contributed by atoms with Crippen molar-refractivity contribution in [3.8, 4) is 78.7 Å². The summed E-state index contributed by atoms with van der Waals surface area (Å²) < 4.78 is 2.60. The lowest BCUT2D eigenvalue weighted by Gasteiger charge is -2.30. The molecule has 0 saturated carbocycles. The third-order valence-corrected chi connectivity index (χ3v) is 14.1. The number of hydrogen-bond donors (Lipinski definition) is 0. The fraction of sp³-hybridized carbons (Fsp3) is 0.0172. The minimum absolute atomic E-state index is 0.403. The lowest BCUT2D eigenvalue weighted by Crippen LogP contribution is -2.25. The van der Waals surface area contributed by atoms with Gasteiger partial charge in [-0.2, -0.15) is 0 Å². The van der Waals surface area contributed by atoms with Gasteiger partial charge in [-0.05, 0) is 91.0 Å². The lowest BCUT2D eigenvalue weighted by atomic mass is 9.70. The van der Waals surface area contributed by atoms with Crippen molar-refractivity contribution in [1.29, 1.82) is 0 Å². The highest BCUT2D eigenvalue weighted by molar-refractivity contribution is 7.25. The van der Waals surface area contributed by atoms with Gasteiger partial charge in [0.25, 0.3) is 0 Å². The molecule has 0 bridgehead atoms. The second-order valence-electron chi connectivity index (χ2n) is 16.3. The average Bonchev–Trinajstić information content (AvgIpc) is 3.98. The summed E-state index contributed by atoms with van der Waals surface area (Å²) in [5.41, 5.74) is 17.6. The van der Waals surface area contributed by atoms with E-state index < -0.39 is 5.41 Å². The molecule has 0 amide bonds. The smallest absolute Gasteiger partial charge is 0.164 e. The highest BCUT2D eigenvalue weighted by Gasteiger charge is 2.51. The molecule has 2 heterocycles. The normalized spacial score (nSPS) is 13.0. The van der Waals surface area contributed by atoms with Gasteiger partial charge in [-0.1, -0.05) is 188 Å². The molecule has 2 aliphatic rings. The number of aromatic nitrogens is 3. The number of hydrogen-bond acceptors (Lipinski definition) is 4. The van der Waals surface area contributed by atoms with Crippen molar-refractivity contribution in [3.05, 3.63) is 235 Å². The summed E-state index contributed by atoms with van der Waals surface area (Å²) in [5, 5.41) is 2.60. The van der Waals surface area contributed by atoms with Crippen LogP contribution in [0.3, 0.4) is 0 Å². The average molecular weight is 806 g/mol. The van der Waals surface area contributed by atoms with E-state index in [9.17, 15) is 0 Å². The summed E-state index contributed by atoms with van der Waals surface area (Å²) in [6.07, 6.45) is 0. The molecule has 0 saturated heterocycles. The SMILES string of the molecule is c1ccc(-c2nc(-c3ccc(-c4cccc5sc6ccccc6c45)cc3)nc(-c3cccc(-c4ccc5c(c4)C4(c6ccccc6-c6ccccc64)c4ccccc4-5)c3)n2)cc1. The van der Waals surface area contributed by atoms with E-state index in [1.807, 2.05) is 29.5 Å². The van der Waals surface area contributed by atoms with E-state index in [0.717, 1.165) is 33.4 Å². The zero-order valence-corrected chi connectivity index (χ0v) is 34.3. The molecule has 2 aromatic heterocycles. The summed E-state index contributed by atoms with van der Waals surface area (Å²) >= 11 is 1.84. The van der Waals surface area contributed by atoms with E-state index >= 15 is 0 Å². The number of thiophene rings is 1. The number of benzene rings is 9. The molecule has 0 atom stereocenters. The molecule has 0 N–H and O–H groups in total. The van der Waals surface area contributed by atoms with Crippen LogP contribution < -0.4 is 0 Å². The first-order valence-corrected chi connectivity index (χ1v) is 21.9. The maximum Gasteiger partial charge on any atom is 0.164 e. The lowest BCUT2D eigenvalue weighted by molar-refractivity contribution is 0.794. The van der Waals surface area contributed by atoms with Gasteiger partial charge in [0.05, 0.1) is 5.41 Å². The first kappa shape index (κ1) is 35.0. The molecule has 0 aliphatic heterocycles. The third kappa shape index (κ3) is 5.14. The van der Waals surface area contributed by atoms with Crippen LogP contribution >= 0.6 is 11.3 Å². The molecule has 3 nitrogen and oxygen atoms in total. The van der Waals surface area contributed by atoms with Crippen molar-refractivity contribution >= 4 is 31.5 Å². The molecule has 0 radical (unpaired) electrons. The van der Waals surface area contributed by atoms with E-state index in [0.29, 0.717) is 17.5 Å². The van der Waals surface area contributed by atoms with E-state index in [1.165, 1.54) is 70.2 Å². The monoisotopic (exact) mass is 805 g/mol. The van der Waals surface area contributed by atoms with E-state index in [2.05, 4.69) is 194 Å². The van der Waals surface area contributed by atoms with Crippen LogP contribution in [-0.4, -0.2) is 15.0 Å². The maximum atomic E-state index is 5.19. The maximum absolute atomic E-state index is 5.19. The van der Waals surface area contributed by atoms with Crippen LogP contribution in [0.15, 0.2) is 212 Å². The topological polar surface area (TPSA) is 38.7 Å². The molecule has 13 rings (SSSR count). The van der Waals surface area contributed by atoms with Gasteiger partial charge in [0.2, 0.25) is 0 Å². The van der Waals surface area contributed by atoms with Gasteiger partial charge < -0.3 is 0 Å². The largest absolute Gasteiger partial charge is 0.208 e. The molecule has 2 aliphatic carbocycles. The van der Waals surface area contributed by atoms with Gasteiger partial charge in [-0.25, -0.2) is 15.0 Å². The van der Waals surface area contributed by atoms with Crippen molar-refractivity contribution in [2.45, 2.75) is 5.41 Å². The predicted octanol–water partition coefficient (Wildman–Crippen LogP) is 14.9. The Bertz CT molecular complexity index is 3520. The van der Waals surface area contributed by atoms with Crippen LogP contribution in [0.4, 0.5) is 0 Å². The Morgan fingerprint density at radius 2 is 0.742 bits per heavy atom. The Morgan fingerprint density at radius 3 is 1.44 bits per heavy atom. The van der Waals surface area contributed by atoms with Crippen LogP contribution in [0.5, 0.6) is 0 Å². The highest BCUT2D eigenvalue weighted by Crippen LogP contribution is 2.63. The number of nitrogens with zero attached hydrogens (tertiary/aromatic N) is 3. The minimum atomic E-state index is -0.403. The number of fused-ring (bicyclic) bond motifs is 13. The second kappa shape index (κ2) is 13.6. The van der Waals surface area contributed by atoms with Crippen LogP contribution in [0.25, 0.3) is 98.8 Å². The molecule has 0 unspecified atom stereocenters. The van der Waals surface area contributed by atoms with E-state index in [-0.39, 0.29) is 0 Å². The van der Waals surface area contributed by atoms with Crippen LogP contribution in [0.2, 0.25) is 0 Å². The fourth-order valence-electron chi connectivity index (χ4n) is 10.3. The van der Waals surface area contributed by atoms with Crippen molar-refractivity contribution in [1.82, 2.24) is 15.0 Å². The Kier molecular flexibility index (Phi) is 7.69. The molecule has 11 aromatic rings. The first-order valence-electron chi connectivity index (χ1n) is 21.1. The summed E-state index contributed by atoms with van der Waals surface area (Å²) in [6.45, 7) is 0. The van der Waals surface area contributed by atoms with Gasteiger partial charge >= 0.3 is 0 Å². The van der Waals surface area contributed by atoms with Gasteiger partial charge in [0, 0.05) is 36.9 Å². The summed E-state index contributed by atoms with van der Waals surface area (Å²) in [4.78, 5) is 15.4. The molecule has 0 fully saturated rings. The quantitative estimate of drug-likeness (QED) is 0.174. The van der Waals surface area contributed by atoms with Gasteiger partial charge in [-0.15, -0.1) is 11.3 Å². The van der Waals surface area contributed by atoms with Gasteiger partial charge in [-0.3, -0.25) is 0 Å². The van der Waals surface area contributed by atoms with Gasteiger partial charge in [0.15, 0.2) is 17.5 Å². The number of rotatable bonds is 5. The highest BCUT2D eigenvalue weighted by atomic mass is 32.1. The zero-order valence-electron chi connectivity index (χ0n) is 33.5. The van der Waals surface area contributed by atoms with Crippen LogP contribution in [0.1, 0.15) is 22.3 Å². The second-order valence-corrected chi connectivity index (χ2v) is 17.3. The summed E-state index contributed by atoms with van der Waals surface area (Å²) in [5.74, 6) is 1.92. The predicted molar refractivity (Wildman–Crippen MR) is 256 cm³/mol. The third-order valence-electron chi connectivity index (χ3n) is 13.0. The fourth-order valence-corrected chi connectivity index (χ4v) is 11.4. The molecule has 4 heteroatoms. The Labute approximate surface area is 363 Å². The van der Waals surface area contributed by atoms with Crippen LogP contribution in [0, 0.1) is 0 Å². The molecule has 9 aromatic carbocycles. The van der Waals surface area contributed by atoms with E-state index in [1.54, 1.807) is 0 Å². The van der Waals surface area contributed by atoms with Gasteiger partial charge in [0.1, 0.15) is 0 Å². The van der Waals surface area contributed by atoms with Crippen molar-refractivity contribution in [2.75, 3.05) is 0 Å². The van der Waals surface area contributed by atoms with E-state index in [4.69, 9.17) is 15.0 Å². The van der Waals surface area contributed by atoms with Crippen molar-refractivity contribution in [3.63, 3.8) is 0 Å². The first-order chi connectivity index (χ1) is 30.7. The Balaban J connectivity index is 0.928. The van der Waals surface area contributed by atoms with Crippen LogP contribution in [-0.2, 0) is 5.41 Å². The Hall–Kier alpha value is -7.79. The van der Waals surface area contributed by atoms with Crippen molar-refractivity contribution in [2.24, 2.45) is 0 Å². The molecule has 62 heavy (non-hydrogen) atoms. The molecular weight excluding hydrogens is 771 g/mol. The molecule has 1 spiro atoms.